The molecular weight excluding hydrogens is 246 g/mol. The number of aliphatic imine (C=N–C) groups is 1. The van der Waals surface area contributed by atoms with E-state index in [0.29, 0.717) is 12.5 Å². The van der Waals surface area contributed by atoms with Crippen LogP contribution in [-0.2, 0) is 14.2 Å². The van der Waals surface area contributed by atoms with Gasteiger partial charge in [0.15, 0.2) is 5.96 Å². The van der Waals surface area contributed by atoms with E-state index in [9.17, 15) is 0 Å². The first-order valence-electron chi connectivity index (χ1n) is 6.97. The topological polar surface area (TPSA) is 55.3 Å². The van der Waals surface area contributed by atoms with Crippen LogP contribution >= 0.6 is 0 Å². The Balaban J connectivity index is 1.79. The minimum atomic E-state index is 0.132. The van der Waals surface area contributed by atoms with E-state index in [1.54, 1.807) is 7.11 Å². The van der Waals surface area contributed by atoms with Gasteiger partial charge in [-0.05, 0) is 6.42 Å². The summed E-state index contributed by atoms with van der Waals surface area (Å²) in [5, 5.41) is 3.44. The summed E-state index contributed by atoms with van der Waals surface area (Å²) in [6, 6.07) is 0. The maximum absolute atomic E-state index is 5.65. The average molecular weight is 271 g/mol. The zero-order valence-electron chi connectivity index (χ0n) is 11.9. The highest BCUT2D eigenvalue weighted by Crippen LogP contribution is 2.11. The number of nitrogens with one attached hydrogen (secondary N) is 1. The van der Waals surface area contributed by atoms with Gasteiger partial charge in [-0.15, -0.1) is 0 Å². The minimum absolute atomic E-state index is 0.132. The Bertz CT molecular complexity index is 291. The van der Waals surface area contributed by atoms with E-state index in [1.165, 1.54) is 0 Å². The lowest BCUT2D eigenvalue weighted by Crippen LogP contribution is -2.52. The molecule has 2 aliphatic rings. The monoisotopic (exact) mass is 271 g/mol. The molecule has 1 N–H and O–H groups in total. The molecule has 19 heavy (non-hydrogen) atoms. The highest BCUT2D eigenvalue weighted by Gasteiger charge is 2.23. The SMILES string of the molecule is CN=C(NCC1CCOC1)N1CCOC(COC)C1. The number of nitrogens with zero attached hydrogens (tertiary/aromatic N) is 2. The second kappa shape index (κ2) is 7.67. The van der Waals surface area contributed by atoms with E-state index in [1.807, 2.05) is 7.05 Å². The molecule has 6 nitrogen and oxygen atoms in total. The Kier molecular flexibility index (Phi) is 5.88. The van der Waals surface area contributed by atoms with Gasteiger partial charge in [0.05, 0.1) is 25.9 Å². The summed E-state index contributed by atoms with van der Waals surface area (Å²) in [6.45, 7) is 5.73. The van der Waals surface area contributed by atoms with Crippen LogP contribution in [0.15, 0.2) is 4.99 Å². The lowest BCUT2D eigenvalue weighted by molar-refractivity contribution is -0.0447. The van der Waals surface area contributed by atoms with E-state index in [2.05, 4.69) is 15.2 Å². The van der Waals surface area contributed by atoms with Crippen LogP contribution in [0.5, 0.6) is 0 Å². The fourth-order valence-electron chi connectivity index (χ4n) is 2.51. The van der Waals surface area contributed by atoms with E-state index in [0.717, 1.165) is 51.8 Å². The largest absolute Gasteiger partial charge is 0.382 e. The second-order valence-electron chi connectivity index (χ2n) is 5.05. The molecule has 0 spiro atoms. The first-order chi connectivity index (χ1) is 9.33. The second-order valence-corrected chi connectivity index (χ2v) is 5.05. The quantitative estimate of drug-likeness (QED) is 0.574. The van der Waals surface area contributed by atoms with Gasteiger partial charge in [-0.25, -0.2) is 0 Å². The molecule has 2 rings (SSSR count). The normalized spacial score (nSPS) is 28.7. The van der Waals surface area contributed by atoms with Crippen molar-refractivity contribution in [2.45, 2.75) is 12.5 Å². The summed E-state index contributed by atoms with van der Waals surface area (Å²) in [5.74, 6) is 1.56. The van der Waals surface area contributed by atoms with E-state index in [4.69, 9.17) is 14.2 Å². The van der Waals surface area contributed by atoms with Crippen molar-refractivity contribution in [2.75, 3.05) is 60.2 Å². The lowest BCUT2D eigenvalue weighted by atomic mass is 10.1. The molecule has 0 radical (unpaired) electrons. The number of ether oxygens (including phenoxy) is 3. The molecule has 2 heterocycles. The summed E-state index contributed by atoms with van der Waals surface area (Å²) in [4.78, 5) is 6.60. The van der Waals surface area contributed by atoms with Crippen LogP contribution in [0.2, 0.25) is 0 Å². The van der Waals surface area contributed by atoms with Crippen molar-refractivity contribution in [2.24, 2.45) is 10.9 Å². The molecule has 2 aliphatic heterocycles. The highest BCUT2D eigenvalue weighted by molar-refractivity contribution is 5.80. The van der Waals surface area contributed by atoms with E-state index in [-0.39, 0.29) is 6.10 Å². The van der Waals surface area contributed by atoms with Crippen LogP contribution in [0.1, 0.15) is 6.42 Å². The molecule has 2 unspecified atom stereocenters. The molecule has 0 aromatic heterocycles. The number of hydrogen-bond acceptors (Lipinski definition) is 4. The van der Waals surface area contributed by atoms with Gasteiger partial charge in [-0.3, -0.25) is 4.99 Å². The molecule has 6 heteroatoms. The van der Waals surface area contributed by atoms with Crippen LogP contribution in [0.4, 0.5) is 0 Å². The number of rotatable bonds is 4. The molecule has 0 bridgehead atoms. The molecule has 0 aliphatic carbocycles. The van der Waals surface area contributed by atoms with E-state index >= 15 is 0 Å². The Morgan fingerprint density at radius 3 is 3.05 bits per heavy atom. The van der Waals surface area contributed by atoms with Crippen molar-refractivity contribution >= 4 is 5.96 Å². The average Bonchev–Trinajstić information content (AvgIpc) is 2.94. The van der Waals surface area contributed by atoms with Gasteiger partial charge in [-0.2, -0.15) is 0 Å². The van der Waals surface area contributed by atoms with Crippen molar-refractivity contribution < 1.29 is 14.2 Å². The molecule has 2 fully saturated rings. The summed E-state index contributed by atoms with van der Waals surface area (Å²) >= 11 is 0. The molecule has 2 saturated heterocycles. The Morgan fingerprint density at radius 1 is 1.47 bits per heavy atom. The lowest BCUT2D eigenvalue weighted by Gasteiger charge is -2.35. The Labute approximate surface area is 115 Å². The number of methoxy groups -OCH3 is 1. The van der Waals surface area contributed by atoms with Crippen molar-refractivity contribution in [3.05, 3.63) is 0 Å². The molecule has 110 valence electrons. The molecule has 0 amide bonds. The summed E-state index contributed by atoms with van der Waals surface area (Å²) < 4.78 is 16.2. The van der Waals surface area contributed by atoms with Crippen molar-refractivity contribution in [1.82, 2.24) is 10.2 Å². The Morgan fingerprint density at radius 2 is 2.37 bits per heavy atom. The van der Waals surface area contributed by atoms with Crippen LogP contribution in [0.25, 0.3) is 0 Å². The van der Waals surface area contributed by atoms with Crippen LogP contribution in [0, 0.1) is 5.92 Å². The summed E-state index contributed by atoms with van der Waals surface area (Å²) in [5.41, 5.74) is 0. The van der Waals surface area contributed by atoms with Gasteiger partial charge < -0.3 is 24.4 Å². The number of hydrogen-bond donors (Lipinski definition) is 1. The van der Waals surface area contributed by atoms with Gasteiger partial charge in [0.2, 0.25) is 0 Å². The molecule has 0 aromatic rings. The van der Waals surface area contributed by atoms with Crippen molar-refractivity contribution in [3.63, 3.8) is 0 Å². The van der Waals surface area contributed by atoms with Crippen LogP contribution in [0.3, 0.4) is 0 Å². The van der Waals surface area contributed by atoms with E-state index < -0.39 is 0 Å². The minimum Gasteiger partial charge on any atom is -0.382 e. The molecule has 0 saturated carbocycles. The van der Waals surface area contributed by atoms with Crippen molar-refractivity contribution in [1.29, 1.82) is 0 Å². The third kappa shape index (κ3) is 4.33. The summed E-state index contributed by atoms with van der Waals surface area (Å²) in [7, 11) is 3.53. The zero-order chi connectivity index (χ0) is 13.5. The fourth-order valence-corrected chi connectivity index (χ4v) is 2.51. The summed E-state index contributed by atoms with van der Waals surface area (Å²) in [6.07, 6.45) is 1.27. The van der Waals surface area contributed by atoms with Crippen LogP contribution in [-0.4, -0.2) is 77.2 Å². The van der Waals surface area contributed by atoms with Gasteiger partial charge >= 0.3 is 0 Å². The third-order valence-corrected chi connectivity index (χ3v) is 3.58. The smallest absolute Gasteiger partial charge is 0.193 e. The standard InChI is InChI=1S/C13H25N3O3/c1-14-13(15-7-11-3-5-18-9-11)16-4-6-19-12(8-16)10-17-2/h11-12H,3-10H2,1-2H3,(H,14,15). The molecule has 2 atom stereocenters. The third-order valence-electron chi connectivity index (χ3n) is 3.58. The maximum atomic E-state index is 5.65. The number of guanidine groups is 1. The first kappa shape index (κ1) is 14.6. The molecular formula is C13H25N3O3. The predicted molar refractivity (Wildman–Crippen MR) is 73.5 cm³/mol. The zero-order valence-corrected chi connectivity index (χ0v) is 11.9. The van der Waals surface area contributed by atoms with Gasteiger partial charge in [0.25, 0.3) is 0 Å². The van der Waals surface area contributed by atoms with Gasteiger partial charge in [0.1, 0.15) is 0 Å². The molecule has 0 aromatic carbocycles. The Hall–Kier alpha value is -0.850. The maximum Gasteiger partial charge on any atom is 0.193 e. The van der Waals surface area contributed by atoms with Crippen LogP contribution < -0.4 is 5.32 Å². The van der Waals surface area contributed by atoms with Crippen molar-refractivity contribution in [3.8, 4) is 0 Å². The first-order valence-corrected chi connectivity index (χ1v) is 6.97. The number of morpholine rings is 1. The highest BCUT2D eigenvalue weighted by atomic mass is 16.5. The predicted octanol–water partition coefficient (Wildman–Crippen LogP) is -0.0545. The van der Waals surface area contributed by atoms with Gasteiger partial charge in [-0.1, -0.05) is 0 Å². The van der Waals surface area contributed by atoms with Gasteiger partial charge in [0, 0.05) is 46.3 Å². The fraction of sp³-hybridized carbons (Fsp3) is 0.923.